The van der Waals surface area contributed by atoms with Gasteiger partial charge in [-0.05, 0) is 30.6 Å². The van der Waals surface area contributed by atoms with Gasteiger partial charge in [-0.15, -0.1) is 11.3 Å². The Bertz CT molecular complexity index is 628. The average molecular weight is 303 g/mol. The number of hydrogen-bond donors (Lipinski definition) is 1. The van der Waals surface area contributed by atoms with Crippen LogP contribution in [0.5, 0.6) is 0 Å². The third-order valence-corrected chi connectivity index (χ3v) is 3.83. The molecule has 2 aromatic rings. The Balaban J connectivity index is 1.99. The number of aliphatic hydroxyl groups is 1. The van der Waals surface area contributed by atoms with E-state index in [1.807, 2.05) is 24.6 Å². The Morgan fingerprint density at radius 1 is 1.29 bits per heavy atom. The van der Waals surface area contributed by atoms with Crippen LogP contribution in [-0.2, 0) is 13.1 Å². The second-order valence-electron chi connectivity index (χ2n) is 4.83. The summed E-state index contributed by atoms with van der Waals surface area (Å²) >= 11 is 1.71. The van der Waals surface area contributed by atoms with Gasteiger partial charge in [-0.25, -0.2) is 4.39 Å². The Morgan fingerprint density at radius 2 is 2.14 bits per heavy atom. The van der Waals surface area contributed by atoms with Crippen molar-refractivity contribution in [2.45, 2.75) is 19.5 Å². The van der Waals surface area contributed by atoms with E-state index in [9.17, 15) is 4.39 Å². The number of aliphatic hydroxyl groups excluding tert-OH is 1. The van der Waals surface area contributed by atoms with E-state index in [1.165, 1.54) is 10.9 Å². The summed E-state index contributed by atoms with van der Waals surface area (Å²) in [7, 11) is 1.98. The predicted molar refractivity (Wildman–Crippen MR) is 84.5 cm³/mol. The van der Waals surface area contributed by atoms with E-state index in [4.69, 9.17) is 5.11 Å². The lowest BCUT2D eigenvalue weighted by Gasteiger charge is -2.16. The highest BCUT2D eigenvalue weighted by Crippen LogP contribution is 2.15. The van der Waals surface area contributed by atoms with Gasteiger partial charge in [-0.2, -0.15) is 0 Å². The normalized spacial score (nSPS) is 10.5. The number of rotatable bonds is 5. The van der Waals surface area contributed by atoms with Crippen LogP contribution in [0, 0.1) is 17.7 Å². The summed E-state index contributed by atoms with van der Waals surface area (Å²) in [6.07, 6.45) is 0.410. The van der Waals surface area contributed by atoms with Gasteiger partial charge in [0, 0.05) is 35.5 Å². The minimum Gasteiger partial charge on any atom is -0.395 e. The van der Waals surface area contributed by atoms with E-state index in [-0.39, 0.29) is 12.4 Å². The molecule has 1 heterocycles. The molecule has 0 amide bonds. The molecule has 0 aliphatic carbocycles. The largest absolute Gasteiger partial charge is 0.395 e. The number of nitrogens with zero attached hydrogens (tertiary/aromatic N) is 1. The van der Waals surface area contributed by atoms with Gasteiger partial charge >= 0.3 is 0 Å². The fourth-order valence-corrected chi connectivity index (χ4v) is 2.77. The molecule has 0 aliphatic heterocycles. The van der Waals surface area contributed by atoms with Crippen molar-refractivity contribution >= 4 is 11.3 Å². The number of hydrogen-bond acceptors (Lipinski definition) is 3. The van der Waals surface area contributed by atoms with Crippen LogP contribution < -0.4 is 0 Å². The Labute approximate surface area is 128 Å². The lowest BCUT2D eigenvalue weighted by molar-refractivity contribution is 0.305. The molecule has 0 aliphatic rings. The second-order valence-corrected chi connectivity index (χ2v) is 5.87. The highest BCUT2D eigenvalue weighted by molar-refractivity contribution is 7.09. The van der Waals surface area contributed by atoms with Crippen LogP contribution in [0.4, 0.5) is 4.39 Å². The maximum atomic E-state index is 14.1. The van der Waals surface area contributed by atoms with Crippen molar-refractivity contribution in [1.82, 2.24) is 4.90 Å². The summed E-state index contributed by atoms with van der Waals surface area (Å²) < 4.78 is 14.1. The van der Waals surface area contributed by atoms with Crippen LogP contribution in [-0.4, -0.2) is 23.7 Å². The van der Waals surface area contributed by atoms with Crippen LogP contribution in [0.2, 0.25) is 0 Å². The lowest BCUT2D eigenvalue weighted by Crippen LogP contribution is -2.17. The third kappa shape index (κ3) is 4.98. The minimum absolute atomic E-state index is 0.0288. The maximum absolute atomic E-state index is 14.1. The molecule has 0 fully saturated rings. The summed E-state index contributed by atoms with van der Waals surface area (Å²) in [6.45, 7) is 1.41. The standard InChI is InChI=1S/C17H18FNOS/c1-19(13-16-6-4-10-21-16)12-15-8-7-14(11-17(15)18)5-2-3-9-20/h4,6-8,10-11,20H,3,9,12-13H2,1H3. The van der Waals surface area contributed by atoms with E-state index in [0.29, 0.717) is 24.1 Å². The monoisotopic (exact) mass is 303 g/mol. The van der Waals surface area contributed by atoms with Crippen molar-refractivity contribution < 1.29 is 9.50 Å². The molecule has 1 aromatic heterocycles. The molecule has 1 aromatic carbocycles. The molecule has 0 saturated heterocycles. The first-order valence-electron chi connectivity index (χ1n) is 6.78. The third-order valence-electron chi connectivity index (χ3n) is 2.97. The Kier molecular flexibility index (Phi) is 5.94. The van der Waals surface area contributed by atoms with Crippen LogP contribution in [0.25, 0.3) is 0 Å². The van der Waals surface area contributed by atoms with Gasteiger partial charge in [-0.1, -0.05) is 24.0 Å². The van der Waals surface area contributed by atoms with E-state index in [1.54, 1.807) is 17.4 Å². The second kappa shape index (κ2) is 7.94. The van der Waals surface area contributed by atoms with Gasteiger partial charge in [0.15, 0.2) is 0 Å². The first-order chi connectivity index (χ1) is 10.2. The predicted octanol–water partition coefficient (Wildman–Crippen LogP) is 3.25. The first-order valence-corrected chi connectivity index (χ1v) is 7.66. The van der Waals surface area contributed by atoms with E-state index in [2.05, 4.69) is 22.8 Å². The molecule has 2 nitrogen and oxygen atoms in total. The Hall–Kier alpha value is -1.67. The van der Waals surface area contributed by atoms with Gasteiger partial charge in [0.05, 0.1) is 6.61 Å². The van der Waals surface area contributed by atoms with Gasteiger partial charge in [-0.3, -0.25) is 4.90 Å². The zero-order valence-electron chi connectivity index (χ0n) is 12.0. The van der Waals surface area contributed by atoms with Crippen molar-refractivity contribution in [3.05, 3.63) is 57.5 Å². The average Bonchev–Trinajstić information content (AvgIpc) is 2.95. The number of thiophene rings is 1. The zero-order chi connectivity index (χ0) is 15.1. The van der Waals surface area contributed by atoms with Crippen molar-refractivity contribution in [1.29, 1.82) is 0 Å². The highest BCUT2D eigenvalue weighted by atomic mass is 32.1. The molecule has 0 spiro atoms. The van der Waals surface area contributed by atoms with Crippen molar-refractivity contribution in [2.75, 3.05) is 13.7 Å². The summed E-state index contributed by atoms with van der Waals surface area (Å²) in [4.78, 5) is 3.35. The molecule has 1 N–H and O–H groups in total. The molecule has 21 heavy (non-hydrogen) atoms. The number of benzene rings is 1. The van der Waals surface area contributed by atoms with E-state index in [0.717, 1.165) is 6.54 Å². The maximum Gasteiger partial charge on any atom is 0.128 e. The number of halogens is 1. The summed E-state index contributed by atoms with van der Waals surface area (Å²) in [5.74, 6) is 5.40. The Morgan fingerprint density at radius 3 is 2.81 bits per heavy atom. The molecule has 0 radical (unpaired) electrons. The van der Waals surface area contributed by atoms with E-state index >= 15 is 0 Å². The molecule has 0 unspecified atom stereocenters. The SMILES string of the molecule is CN(Cc1cccs1)Cc1ccc(C#CCCO)cc1F. The van der Waals surface area contributed by atoms with Crippen molar-refractivity contribution in [3.63, 3.8) is 0 Å². The smallest absolute Gasteiger partial charge is 0.128 e. The fraction of sp³-hybridized carbons (Fsp3) is 0.294. The van der Waals surface area contributed by atoms with Gasteiger partial charge in [0.25, 0.3) is 0 Å². The first kappa shape index (κ1) is 15.7. The molecule has 110 valence electrons. The van der Waals surface area contributed by atoms with Gasteiger partial charge in [0.2, 0.25) is 0 Å². The van der Waals surface area contributed by atoms with Crippen molar-refractivity contribution in [2.24, 2.45) is 0 Å². The van der Waals surface area contributed by atoms with Crippen molar-refractivity contribution in [3.8, 4) is 11.8 Å². The fourth-order valence-electron chi connectivity index (χ4n) is 1.99. The van der Waals surface area contributed by atoms with E-state index < -0.39 is 0 Å². The quantitative estimate of drug-likeness (QED) is 0.857. The van der Waals surface area contributed by atoms with Gasteiger partial charge in [0.1, 0.15) is 5.82 Å². The van der Waals surface area contributed by atoms with Crippen LogP contribution in [0.15, 0.2) is 35.7 Å². The molecular formula is C17H18FNOS. The molecule has 4 heteroatoms. The lowest BCUT2D eigenvalue weighted by atomic mass is 10.1. The van der Waals surface area contributed by atoms with Gasteiger partial charge < -0.3 is 5.11 Å². The topological polar surface area (TPSA) is 23.5 Å². The summed E-state index contributed by atoms with van der Waals surface area (Å²) in [5, 5.41) is 10.7. The van der Waals surface area contributed by atoms with Crippen LogP contribution in [0.3, 0.4) is 0 Å². The zero-order valence-corrected chi connectivity index (χ0v) is 12.8. The minimum atomic E-state index is -0.233. The summed E-state index contributed by atoms with van der Waals surface area (Å²) in [5.41, 5.74) is 1.31. The summed E-state index contributed by atoms with van der Waals surface area (Å²) in [6, 6.07) is 9.16. The van der Waals surface area contributed by atoms with Crippen LogP contribution >= 0.6 is 11.3 Å². The van der Waals surface area contributed by atoms with Crippen LogP contribution in [0.1, 0.15) is 22.4 Å². The molecule has 0 bridgehead atoms. The molecule has 2 rings (SSSR count). The highest BCUT2D eigenvalue weighted by Gasteiger charge is 2.07. The molecular weight excluding hydrogens is 285 g/mol. The molecule has 0 atom stereocenters. The molecule has 0 saturated carbocycles.